The molecule has 0 saturated heterocycles. The highest BCUT2D eigenvalue weighted by atomic mass is 16.4. The Morgan fingerprint density at radius 3 is 2.20 bits per heavy atom. The lowest BCUT2D eigenvalue weighted by molar-refractivity contribution is 0.0694. The van der Waals surface area contributed by atoms with Crippen LogP contribution in [-0.4, -0.2) is 21.4 Å². The van der Waals surface area contributed by atoms with Gasteiger partial charge in [0.25, 0.3) is 5.56 Å². The van der Waals surface area contributed by atoms with E-state index in [1.54, 1.807) is 37.3 Å². The van der Waals surface area contributed by atoms with E-state index >= 15 is 0 Å². The number of aromatic nitrogens is 1. The van der Waals surface area contributed by atoms with Crippen LogP contribution in [-0.2, 0) is 0 Å². The predicted octanol–water partition coefficient (Wildman–Crippen LogP) is 2.05. The minimum atomic E-state index is -1.35. The summed E-state index contributed by atoms with van der Waals surface area (Å²) in [6, 6.07) is 9.77. The van der Waals surface area contributed by atoms with Crippen molar-refractivity contribution < 1.29 is 14.7 Å². The van der Waals surface area contributed by atoms with Crippen LogP contribution >= 0.6 is 0 Å². The van der Waals surface area contributed by atoms with Gasteiger partial charge in [-0.15, -0.1) is 0 Å². The Morgan fingerprint density at radius 1 is 1.10 bits per heavy atom. The van der Waals surface area contributed by atoms with Crippen LogP contribution in [0.15, 0.2) is 41.2 Å². The summed E-state index contributed by atoms with van der Waals surface area (Å²) < 4.78 is 1.25. The van der Waals surface area contributed by atoms with E-state index in [9.17, 15) is 14.4 Å². The molecule has 0 saturated carbocycles. The van der Waals surface area contributed by atoms with Crippen LogP contribution in [0.1, 0.15) is 33.3 Å². The largest absolute Gasteiger partial charge is 0.477 e. The number of hydrogen-bond acceptors (Lipinski definition) is 3. The molecule has 0 fully saturated rings. The monoisotopic (exact) mass is 271 g/mol. The van der Waals surface area contributed by atoms with E-state index in [0.29, 0.717) is 11.4 Å². The van der Waals surface area contributed by atoms with Gasteiger partial charge in [0.05, 0.1) is 0 Å². The lowest BCUT2D eigenvalue weighted by Gasteiger charge is -2.14. The molecule has 0 atom stereocenters. The highest BCUT2D eigenvalue weighted by molar-refractivity contribution is 5.98. The first-order chi connectivity index (χ1) is 9.43. The zero-order chi connectivity index (χ0) is 14.9. The second-order valence-corrected chi connectivity index (χ2v) is 4.39. The Bertz CT molecular complexity index is 744. The van der Waals surface area contributed by atoms with Crippen molar-refractivity contribution in [3.05, 3.63) is 63.6 Å². The van der Waals surface area contributed by atoms with E-state index in [1.165, 1.54) is 11.5 Å². The molecule has 0 spiro atoms. The van der Waals surface area contributed by atoms with Crippen LogP contribution in [0.25, 0.3) is 5.69 Å². The molecular weight excluding hydrogens is 258 g/mol. The molecule has 0 aliphatic rings. The highest BCUT2D eigenvalue weighted by Crippen LogP contribution is 2.14. The molecule has 0 radical (unpaired) electrons. The van der Waals surface area contributed by atoms with Crippen LogP contribution in [0.3, 0.4) is 0 Å². The fraction of sp³-hybridized carbons (Fsp3) is 0.133. The van der Waals surface area contributed by atoms with Gasteiger partial charge >= 0.3 is 5.97 Å². The average Bonchev–Trinajstić information content (AvgIpc) is 2.39. The number of benzene rings is 1. The minimum Gasteiger partial charge on any atom is -0.477 e. The number of carbonyl (C=O) groups is 2. The topological polar surface area (TPSA) is 76.4 Å². The molecule has 5 nitrogen and oxygen atoms in total. The lowest BCUT2D eigenvalue weighted by Crippen LogP contribution is -2.28. The van der Waals surface area contributed by atoms with E-state index in [2.05, 4.69) is 0 Å². The third kappa shape index (κ3) is 2.25. The number of pyridine rings is 1. The van der Waals surface area contributed by atoms with Gasteiger partial charge in [-0.2, -0.15) is 0 Å². The standard InChI is InChI=1S/C15H13NO4/c1-9-12(10(2)17)8-13(15(19)20)14(18)16(9)11-6-4-3-5-7-11/h3-8H,1-2H3,(H,19,20). The van der Waals surface area contributed by atoms with Crippen molar-refractivity contribution >= 4 is 11.8 Å². The van der Waals surface area contributed by atoms with Gasteiger partial charge in [-0.05, 0) is 32.0 Å². The van der Waals surface area contributed by atoms with Crippen molar-refractivity contribution in [3.63, 3.8) is 0 Å². The van der Waals surface area contributed by atoms with E-state index in [1.807, 2.05) is 0 Å². The Kier molecular flexibility index (Phi) is 3.52. The van der Waals surface area contributed by atoms with E-state index < -0.39 is 17.1 Å². The van der Waals surface area contributed by atoms with E-state index in [-0.39, 0.29) is 11.3 Å². The molecule has 20 heavy (non-hydrogen) atoms. The number of Topliss-reactive ketones (excluding diaryl/α,β-unsaturated/α-hetero) is 1. The van der Waals surface area contributed by atoms with Gasteiger partial charge in [-0.3, -0.25) is 14.2 Å². The van der Waals surface area contributed by atoms with Gasteiger partial charge in [0.1, 0.15) is 5.56 Å². The molecule has 0 aliphatic heterocycles. The van der Waals surface area contributed by atoms with Crippen molar-refractivity contribution in [2.75, 3.05) is 0 Å². The van der Waals surface area contributed by atoms with E-state index in [4.69, 9.17) is 5.11 Å². The van der Waals surface area contributed by atoms with E-state index in [0.717, 1.165) is 6.07 Å². The van der Waals surface area contributed by atoms with Crippen molar-refractivity contribution in [1.82, 2.24) is 4.57 Å². The van der Waals surface area contributed by atoms with Gasteiger partial charge in [0.15, 0.2) is 5.78 Å². The number of hydrogen-bond donors (Lipinski definition) is 1. The first-order valence-corrected chi connectivity index (χ1v) is 5.99. The van der Waals surface area contributed by atoms with Gasteiger partial charge in [-0.1, -0.05) is 18.2 Å². The predicted molar refractivity (Wildman–Crippen MR) is 73.7 cm³/mol. The summed E-state index contributed by atoms with van der Waals surface area (Å²) in [7, 11) is 0. The van der Waals surface area contributed by atoms with Crippen molar-refractivity contribution in [2.45, 2.75) is 13.8 Å². The first-order valence-electron chi connectivity index (χ1n) is 5.99. The normalized spacial score (nSPS) is 10.3. The molecule has 0 bridgehead atoms. The summed E-state index contributed by atoms with van der Waals surface area (Å²) in [5.74, 6) is -1.63. The highest BCUT2D eigenvalue weighted by Gasteiger charge is 2.19. The molecule has 2 rings (SSSR count). The van der Waals surface area contributed by atoms with Crippen LogP contribution < -0.4 is 5.56 Å². The SMILES string of the molecule is CC(=O)c1cc(C(=O)O)c(=O)n(-c2ccccc2)c1C. The maximum atomic E-state index is 12.3. The number of para-hydroxylation sites is 1. The molecule has 102 valence electrons. The molecule has 1 aromatic heterocycles. The summed E-state index contributed by atoms with van der Waals surface area (Å²) in [5.41, 5.74) is 0.126. The van der Waals surface area contributed by atoms with Crippen molar-refractivity contribution in [1.29, 1.82) is 0 Å². The Morgan fingerprint density at radius 2 is 1.70 bits per heavy atom. The Labute approximate surface area is 115 Å². The summed E-state index contributed by atoms with van der Waals surface area (Å²) >= 11 is 0. The average molecular weight is 271 g/mol. The summed E-state index contributed by atoms with van der Waals surface area (Å²) in [6.07, 6.45) is 0. The lowest BCUT2D eigenvalue weighted by atomic mass is 10.1. The smallest absolute Gasteiger partial charge is 0.341 e. The Hall–Kier alpha value is -2.69. The fourth-order valence-corrected chi connectivity index (χ4v) is 2.10. The zero-order valence-electron chi connectivity index (χ0n) is 11.1. The van der Waals surface area contributed by atoms with Crippen LogP contribution in [0, 0.1) is 6.92 Å². The third-order valence-corrected chi connectivity index (χ3v) is 3.07. The number of ketones is 1. The first kappa shape index (κ1) is 13.7. The zero-order valence-corrected chi connectivity index (χ0v) is 11.1. The quantitative estimate of drug-likeness (QED) is 0.867. The molecular formula is C15H13NO4. The Balaban J connectivity index is 2.89. The molecule has 1 N–H and O–H groups in total. The maximum absolute atomic E-state index is 12.3. The van der Waals surface area contributed by atoms with Gasteiger partial charge in [0.2, 0.25) is 0 Å². The van der Waals surface area contributed by atoms with Crippen LogP contribution in [0.5, 0.6) is 0 Å². The molecule has 0 amide bonds. The number of aromatic carboxylic acids is 1. The summed E-state index contributed by atoms with van der Waals surface area (Å²) in [6.45, 7) is 2.96. The van der Waals surface area contributed by atoms with Crippen molar-refractivity contribution in [2.24, 2.45) is 0 Å². The van der Waals surface area contributed by atoms with Gasteiger partial charge in [0, 0.05) is 16.9 Å². The molecule has 1 heterocycles. The number of carboxylic acid groups (broad SMARTS) is 1. The minimum absolute atomic E-state index is 0.228. The number of carboxylic acids is 1. The summed E-state index contributed by atoms with van der Waals surface area (Å²) in [5, 5.41) is 9.11. The fourth-order valence-electron chi connectivity index (χ4n) is 2.10. The van der Waals surface area contributed by atoms with Crippen LogP contribution in [0.4, 0.5) is 0 Å². The number of carbonyl (C=O) groups excluding carboxylic acids is 1. The molecule has 5 heteroatoms. The van der Waals surface area contributed by atoms with Crippen LogP contribution in [0.2, 0.25) is 0 Å². The van der Waals surface area contributed by atoms with Gasteiger partial charge < -0.3 is 5.11 Å². The second kappa shape index (κ2) is 5.13. The van der Waals surface area contributed by atoms with Crippen molar-refractivity contribution in [3.8, 4) is 5.69 Å². The number of rotatable bonds is 3. The van der Waals surface area contributed by atoms with Gasteiger partial charge in [-0.25, -0.2) is 4.79 Å². The summed E-state index contributed by atoms with van der Waals surface area (Å²) in [4.78, 5) is 35.1. The molecule has 0 unspecified atom stereocenters. The molecule has 1 aromatic carbocycles. The maximum Gasteiger partial charge on any atom is 0.341 e. The third-order valence-electron chi connectivity index (χ3n) is 3.07. The molecule has 2 aromatic rings. The second-order valence-electron chi connectivity index (χ2n) is 4.39. The number of nitrogens with zero attached hydrogens (tertiary/aromatic N) is 1. The molecule has 0 aliphatic carbocycles.